The van der Waals surface area contributed by atoms with E-state index in [1.807, 2.05) is 13.8 Å². The van der Waals surface area contributed by atoms with E-state index in [9.17, 15) is 9.59 Å². The third kappa shape index (κ3) is 4.20. The predicted octanol–water partition coefficient (Wildman–Crippen LogP) is 0.449. The van der Waals surface area contributed by atoms with Gasteiger partial charge in [-0.15, -0.1) is 11.8 Å². The maximum Gasteiger partial charge on any atom is 0.325 e. The van der Waals surface area contributed by atoms with Crippen LogP contribution in [0.3, 0.4) is 0 Å². The molecule has 0 spiro atoms. The van der Waals surface area contributed by atoms with Gasteiger partial charge in [0.05, 0.1) is 12.6 Å². The average Bonchev–Trinajstić information content (AvgIpc) is 2.78. The van der Waals surface area contributed by atoms with Gasteiger partial charge in [-0.25, -0.2) is 0 Å². The molecule has 17 heavy (non-hydrogen) atoms. The largest absolute Gasteiger partial charge is 0.465 e. The molecule has 0 radical (unpaired) electrons. The van der Waals surface area contributed by atoms with Crippen LogP contribution in [0.4, 0.5) is 0 Å². The molecule has 1 unspecified atom stereocenters. The molecule has 0 aromatic rings. The quantitative estimate of drug-likeness (QED) is 0.727. The molecule has 1 saturated heterocycles. The lowest BCUT2D eigenvalue weighted by atomic mass is 10.2. The van der Waals surface area contributed by atoms with E-state index in [2.05, 4.69) is 5.32 Å². The van der Waals surface area contributed by atoms with E-state index in [1.54, 1.807) is 23.6 Å². The zero-order valence-corrected chi connectivity index (χ0v) is 11.4. The Balaban J connectivity index is 2.58. The van der Waals surface area contributed by atoms with Crippen molar-refractivity contribution in [2.45, 2.75) is 32.9 Å². The summed E-state index contributed by atoms with van der Waals surface area (Å²) in [5.41, 5.74) is 0. The number of rotatable bonds is 5. The number of hydrogen-bond acceptors (Lipinski definition) is 5. The molecule has 1 rings (SSSR count). The Labute approximate surface area is 106 Å². The van der Waals surface area contributed by atoms with Crippen molar-refractivity contribution in [2.24, 2.45) is 0 Å². The summed E-state index contributed by atoms with van der Waals surface area (Å²) < 4.78 is 4.88. The van der Waals surface area contributed by atoms with E-state index in [4.69, 9.17) is 4.74 Å². The van der Waals surface area contributed by atoms with Crippen molar-refractivity contribution < 1.29 is 14.3 Å². The van der Waals surface area contributed by atoms with Gasteiger partial charge in [0.15, 0.2) is 0 Å². The Morgan fingerprint density at radius 2 is 2.24 bits per heavy atom. The Hall–Kier alpha value is -0.750. The Morgan fingerprint density at radius 1 is 1.53 bits per heavy atom. The fourth-order valence-corrected chi connectivity index (χ4v) is 2.55. The van der Waals surface area contributed by atoms with Crippen molar-refractivity contribution in [1.82, 2.24) is 10.2 Å². The molecule has 1 amide bonds. The van der Waals surface area contributed by atoms with Crippen molar-refractivity contribution in [1.29, 1.82) is 0 Å². The van der Waals surface area contributed by atoms with Crippen molar-refractivity contribution in [3.05, 3.63) is 0 Å². The lowest BCUT2D eigenvalue weighted by molar-refractivity contribution is -0.150. The number of carbonyl (C=O) groups is 2. The van der Waals surface area contributed by atoms with E-state index < -0.39 is 0 Å². The second-order valence-corrected chi connectivity index (χ2v) is 5.17. The molecule has 0 aromatic carbocycles. The first-order valence-corrected chi connectivity index (χ1v) is 6.99. The van der Waals surface area contributed by atoms with Gasteiger partial charge in [-0.2, -0.15) is 0 Å². The summed E-state index contributed by atoms with van der Waals surface area (Å²) in [5, 5.41) is 3.12. The van der Waals surface area contributed by atoms with E-state index in [0.717, 1.165) is 11.6 Å². The first kappa shape index (κ1) is 14.3. The predicted molar refractivity (Wildman–Crippen MR) is 67.7 cm³/mol. The molecule has 1 heterocycles. The van der Waals surface area contributed by atoms with Crippen molar-refractivity contribution >= 4 is 23.6 Å². The molecule has 6 heteroatoms. The Morgan fingerprint density at radius 3 is 2.71 bits per heavy atom. The second kappa shape index (κ2) is 6.86. The fourth-order valence-electron chi connectivity index (χ4n) is 1.61. The lowest BCUT2D eigenvalue weighted by Crippen LogP contribution is -2.49. The van der Waals surface area contributed by atoms with Crippen LogP contribution in [-0.2, 0) is 14.3 Å². The highest BCUT2D eigenvalue weighted by molar-refractivity contribution is 7.99. The molecule has 1 N–H and O–H groups in total. The maximum absolute atomic E-state index is 12.2. The first-order valence-electron chi connectivity index (χ1n) is 5.83. The smallest absolute Gasteiger partial charge is 0.325 e. The number of nitrogens with zero attached hydrogens (tertiary/aromatic N) is 1. The summed E-state index contributed by atoms with van der Waals surface area (Å²) >= 11 is 1.69. The van der Waals surface area contributed by atoms with Gasteiger partial charge in [0, 0.05) is 17.7 Å². The van der Waals surface area contributed by atoms with Gasteiger partial charge in [0.1, 0.15) is 6.54 Å². The van der Waals surface area contributed by atoms with Crippen LogP contribution in [0.5, 0.6) is 0 Å². The summed E-state index contributed by atoms with van der Waals surface area (Å²) in [5.74, 6) is 1.20. The SMILES string of the molecule is CCOC(=O)CN(C(=O)C1CSCN1)C(C)C. The van der Waals surface area contributed by atoms with Crippen LogP contribution in [0.2, 0.25) is 0 Å². The van der Waals surface area contributed by atoms with E-state index in [1.165, 1.54) is 0 Å². The maximum atomic E-state index is 12.2. The molecule has 1 atom stereocenters. The van der Waals surface area contributed by atoms with Crippen LogP contribution in [0.1, 0.15) is 20.8 Å². The van der Waals surface area contributed by atoms with Crippen LogP contribution in [0.25, 0.3) is 0 Å². The number of ether oxygens (including phenoxy) is 1. The number of thioether (sulfide) groups is 1. The minimum atomic E-state index is -0.347. The van der Waals surface area contributed by atoms with Gasteiger partial charge >= 0.3 is 5.97 Å². The zero-order chi connectivity index (χ0) is 12.8. The highest BCUT2D eigenvalue weighted by atomic mass is 32.2. The highest BCUT2D eigenvalue weighted by Crippen LogP contribution is 2.13. The van der Waals surface area contributed by atoms with Gasteiger partial charge in [0.2, 0.25) is 5.91 Å². The monoisotopic (exact) mass is 260 g/mol. The normalized spacial score (nSPS) is 19.4. The molecule has 1 aliphatic heterocycles. The lowest BCUT2D eigenvalue weighted by Gasteiger charge is -2.28. The van der Waals surface area contributed by atoms with E-state index in [-0.39, 0.29) is 30.5 Å². The van der Waals surface area contributed by atoms with Crippen LogP contribution in [0, 0.1) is 0 Å². The van der Waals surface area contributed by atoms with Gasteiger partial charge < -0.3 is 9.64 Å². The molecule has 0 bridgehead atoms. The molecule has 0 saturated carbocycles. The number of amides is 1. The van der Waals surface area contributed by atoms with Crippen LogP contribution in [-0.4, -0.2) is 53.6 Å². The van der Waals surface area contributed by atoms with Crippen LogP contribution in [0.15, 0.2) is 0 Å². The van der Waals surface area contributed by atoms with Crippen LogP contribution >= 0.6 is 11.8 Å². The van der Waals surface area contributed by atoms with E-state index >= 15 is 0 Å². The number of hydrogen-bond donors (Lipinski definition) is 1. The summed E-state index contributed by atoms with van der Waals surface area (Å²) in [6.45, 7) is 5.94. The first-order chi connectivity index (χ1) is 8.06. The molecular weight excluding hydrogens is 240 g/mol. The molecule has 98 valence electrons. The molecule has 1 fully saturated rings. The van der Waals surface area contributed by atoms with Crippen molar-refractivity contribution in [3.63, 3.8) is 0 Å². The van der Waals surface area contributed by atoms with Crippen molar-refractivity contribution in [2.75, 3.05) is 24.8 Å². The fraction of sp³-hybridized carbons (Fsp3) is 0.818. The van der Waals surface area contributed by atoms with Gasteiger partial charge in [0.25, 0.3) is 0 Å². The van der Waals surface area contributed by atoms with Gasteiger partial charge in [-0.3, -0.25) is 14.9 Å². The molecule has 5 nitrogen and oxygen atoms in total. The highest BCUT2D eigenvalue weighted by Gasteiger charge is 2.30. The van der Waals surface area contributed by atoms with Crippen molar-refractivity contribution in [3.8, 4) is 0 Å². The number of esters is 1. The van der Waals surface area contributed by atoms with E-state index in [0.29, 0.717) is 6.61 Å². The number of nitrogens with one attached hydrogen (secondary N) is 1. The molecular formula is C11H20N2O3S. The average molecular weight is 260 g/mol. The molecule has 1 aliphatic rings. The summed E-state index contributed by atoms with van der Waals surface area (Å²) in [6.07, 6.45) is 0. The summed E-state index contributed by atoms with van der Waals surface area (Å²) in [7, 11) is 0. The second-order valence-electron chi connectivity index (χ2n) is 4.14. The summed E-state index contributed by atoms with van der Waals surface area (Å²) in [6, 6.07) is -0.170. The topological polar surface area (TPSA) is 58.6 Å². The summed E-state index contributed by atoms with van der Waals surface area (Å²) in [4.78, 5) is 25.2. The molecule has 0 aliphatic carbocycles. The standard InChI is InChI=1S/C11H20N2O3S/c1-4-16-10(14)5-13(8(2)3)11(15)9-6-17-7-12-9/h8-9,12H,4-7H2,1-3H3. The van der Waals surface area contributed by atoms with Gasteiger partial charge in [-0.1, -0.05) is 0 Å². The minimum Gasteiger partial charge on any atom is -0.465 e. The zero-order valence-electron chi connectivity index (χ0n) is 10.6. The Bertz CT molecular complexity index is 278. The Kier molecular flexibility index (Phi) is 5.77. The third-order valence-corrected chi connectivity index (χ3v) is 3.47. The van der Waals surface area contributed by atoms with Crippen LogP contribution < -0.4 is 5.32 Å². The molecule has 0 aromatic heterocycles. The van der Waals surface area contributed by atoms with Gasteiger partial charge in [-0.05, 0) is 20.8 Å². The number of carbonyl (C=O) groups excluding carboxylic acids is 2. The minimum absolute atomic E-state index is 0.000642. The third-order valence-electron chi connectivity index (χ3n) is 2.53.